The number of ether oxygens (including phenoxy) is 2. The van der Waals surface area contributed by atoms with Crippen LogP contribution in [0.5, 0.6) is 5.75 Å². The molecule has 2 fully saturated rings. The van der Waals surface area contributed by atoms with E-state index in [1.807, 2.05) is 19.1 Å². The zero-order chi connectivity index (χ0) is 24.0. The van der Waals surface area contributed by atoms with Gasteiger partial charge in [-0.1, -0.05) is 32.4 Å². The zero-order valence-electron chi connectivity index (χ0n) is 20.9. The summed E-state index contributed by atoms with van der Waals surface area (Å²) in [4.78, 5) is 12.1. The summed E-state index contributed by atoms with van der Waals surface area (Å²) in [5.74, 6) is 3.33. The molecule has 0 aromatic heterocycles. The van der Waals surface area contributed by atoms with Gasteiger partial charge in [-0.05, 0) is 87.0 Å². The molecular formula is C28H43NO4. The van der Waals surface area contributed by atoms with Gasteiger partial charge >= 0.3 is 0 Å². The number of carbonyl (C=O) groups excluding carboxylic acids is 1. The molecule has 0 bridgehead atoms. The Hall–Kier alpha value is -1.85. The molecule has 1 aromatic rings. The minimum Gasteiger partial charge on any atom is -0.493 e. The number of aliphatic hydroxyl groups excluding tert-OH is 1. The Balaban J connectivity index is 1.48. The van der Waals surface area contributed by atoms with Gasteiger partial charge in [0.1, 0.15) is 5.75 Å². The lowest BCUT2D eigenvalue weighted by molar-refractivity contribution is -0.0371. The number of fused-ring (bicyclic) bond motifs is 1. The van der Waals surface area contributed by atoms with Crippen LogP contribution in [-0.4, -0.2) is 43.0 Å². The molecule has 0 spiro atoms. The molecule has 1 heterocycles. The van der Waals surface area contributed by atoms with Crippen molar-refractivity contribution in [1.82, 2.24) is 5.32 Å². The highest BCUT2D eigenvalue weighted by Crippen LogP contribution is 2.46. The second kappa shape index (κ2) is 12.0. The molecule has 7 atom stereocenters. The number of nitrogens with one attached hydrogen (secondary N) is 1. The van der Waals surface area contributed by atoms with Gasteiger partial charge in [0.2, 0.25) is 0 Å². The van der Waals surface area contributed by atoms with Crippen LogP contribution in [0.1, 0.15) is 70.2 Å². The lowest BCUT2D eigenvalue weighted by atomic mass is 9.62. The maximum Gasteiger partial charge on any atom is 0.251 e. The van der Waals surface area contributed by atoms with E-state index in [9.17, 15) is 9.90 Å². The Kier molecular flexibility index (Phi) is 9.39. The second-order valence-electron chi connectivity index (χ2n) is 10.5. The Labute approximate surface area is 199 Å². The Bertz CT molecular complexity index is 777. The standard InChI is InChI=1S/C28H43NO4/c1-18(2)16-29-28(31)22-8-10-23(11-9-22)32-15-14-27(30)21(5)25-12-6-19(3)24-13-7-20(4)33-17-26(24)25/h8-11,19-21,24-27,30H,1,6-7,12-17H2,2-5H3,(H,29,31)/t19-,20?,21-,24+,25+,26?,27-/m1/s1. The normalized spacial score (nSPS) is 29.3. The summed E-state index contributed by atoms with van der Waals surface area (Å²) >= 11 is 0. The average Bonchev–Trinajstić information content (AvgIpc) is 3.00. The average molecular weight is 458 g/mol. The number of rotatable bonds is 9. The number of carbonyl (C=O) groups is 1. The SMILES string of the molecule is C=C(C)CNC(=O)c1ccc(OCC[C@@H](O)[C@H](C)[C@@H]2CC[C@@H](C)[C@@H]3CCC(C)OCC23)cc1. The van der Waals surface area contributed by atoms with Crippen molar-refractivity contribution in [3.8, 4) is 5.75 Å². The Morgan fingerprint density at radius 3 is 2.61 bits per heavy atom. The van der Waals surface area contributed by atoms with Gasteiger partial charge in [-0.25, -0.2) is 0 Å². The summed E-state index contributed by atoms with van der Waals surface area (Å²) in [5.41, 5.74) is 1.51. The maximum atomic E-state index is 12.1. The first kappa shape index (κ1) is 25.8. The minimum absolute atomic E-state index is 0.120. The molecule has 1 amide bonds. The first-order valence-corrected chi connectivity index (χ1v) is 12.7. The van der Waals surface area contributed by atoms with Crippen molar-refractivity contribution < 1.29 is 19.4 Å². The van der Waals surface area contributed by atoms with Crippen molar-refractivity contribution in [2.75, 3.05) is 19.8 Å². The molecule has 2 unspecified atom stereocenters. The van der Waals surface area contributed by atoms with Gasteiger partial charge in [-0.15, -0.1) is 0 Å². The van der Waals surface area contributed by atoms with Crippen LogP contribution in [0.3, 0.4) is 0 Å². The summed E-state index contributed by atoms with van der Waals surface area (Å²) in [6, 6.07) is 7.14. The number of amides is 1. The number of hydrogen-bond acceptors (Lipinski definition) is 4. The summed E-state index contributed by atoms with van der Waals surface area (Å²) in [6.45, 7) is 14.2. The Morgan fingerprint density at radius 2 is 1.91 bits per heavy atom. The largest absolute Gasteiger partial charge is 0.493 e. The molecule has 0 radical (unpaired) electrons. The van der Waals surface area contributed by atoms with Crippen molar-refractivity contribution in [3.05, 3.63) is 42.0 Å². The summed E-state index contributed by atoms with van der Waals surface area (Å²) in [6.07, 6.45) is 5.38. The van der Waals surface area contributed by atoms with Crippen LogP contribution in [0.15, 0.2) is 36.4 Å². The van der Waals surface area contributed by atoms with Gasteiger partial charge in [0.05, 0.1) is 25.4 Å². The lowest BCUT2D eigenvalue weighted by Gasteiger charge is -2.44. The third-order valence-electron chi connectivity index (χ3n) is 7.90. The van der Waals surface area contributed by atoms with Crippen molar-refractivity contribution in [3.63, 3.8) is 0 Å². The van der Waals surface area contributed by atoms with E-state index in [1.165, 1.54) is 19.3 Å². The molecule has 2 N–H and O–H groups in total. The van der Waals surface area contributed by atoms with Gasteiger partial charge in [0.25, 0.3) is 5.91 Å². The molecule has 2 aliphatic rings. The van der Waals surface area contributed by atoms with Crippen LogP contribution >= 0.6 is 0 Å². The predicted octanol–water partition coefficient (Wildman–Crippen LogP) is 5.24. The minimum atomic E-state index is -0.392. The summed E-state index contributed by atoms with van der Waals surface area (Å²) in [7, 11) is 0. The molecule has 1 aliphatic heterocycles. The van der Waals surface area contributed by atoms with Crippen LogP contribution in [-0.2, 0) is 4.74 Å². The van der Waals surface area contributed by atoms with Gasteiger partial charge in [0.15, 0.2) is 0 Å². The van der Waals surface area contributed by atoms with Crippen molar-refractivity contribution in [2.24, 2.45) is 29.6 Å². The fourth-order valence-corrected chi connectivity index (χ4v) is 5.69. The lowest BCUT2D eigenvalue weighted by Crippen LogP contribution is -2.41. The van der Waals surface area contributed by atoms with E-state index in [-0.39, 0.29) is 11.8 Å². The van der Waals surface area contributed by atoms with E-state index in [0.717, 1.165) is 24.5 Å². The first-order valence-electron chi connectivity index (χ1n) is 12.7. The number of hydrogen-bond donors (Lipinski definition) is 2. The number of aliphatic hydroxyl groups is 1. The van der Waals surface area contributed by atoms with Crippen molar-refractivity contribution in [1.29, 1.82) is 0 Å². The molecule has 1 aromatic carbocycles. The maximum absolute atomic E-state index is 12.1. The molecule has 1 aliphatic carbocycles. The van der Waals surface area contributed by atoms with Crippen LogP contribution in [0.4, 0.5) is 0 Å². The van der Waals surface area contributed by atoms with Gasteiger partial charge in [0, 0.05) is 18.5 Å². The molecule has 3 rings (SSSR count). The zero-order valence-corrected chi connectivity index (χ0v) is 20.9. The smallest absolute Gasteiger partial charge is 0.251 e. The van der Waals surface area contributed by atoms with Crippen LogP contribution < -0.4 is 10.1 Å². The van der Waals surface area contributed by atoms with E-state index < -0.39 is 6.10 Å². The highest BCUT2D eigenvalue weighted by molar-refractivity contribution is 5.94. The monoisotopic (exact) mass is 457 g/mol. The van der Waals surface area contributed by atoms with Crippen molar-refractivity contribution in [2.45, 2.75) is 72.0 Å². The third-order valence-corrected chi connectivity index (χ3v) is 7.90. The second-order valence-corrected chi connectivity index (χ2v) is 10.5. The molecule has 5 heteroatoms. The number of benzene rings is 1. The molecule has 1 saturated carbocycles. The van der Waals surface area contributed by atoms with E-state index in [1.54, 1.807) is 12.1 Å². The van der Waals surface area contributed by atoms with Gasteiger partial charge in [-0.3, -0.25) is 4.79 Å². The van der Waals surface area contributed by atoms with Gasteiger partial charge < -0.3 is 19.9 Å². The van der Waals surface area contributed by atoms with E-state index in [4.69, 9.17) is 9.47 Å². The molecular weight excluding hydrogens is 414 g/mol. The third kappa shape index (κ3) is 7.07. The molecule has 5 nitrogen and oxygen atoms in total. The Morgan fingerprint density at radius 1 is 1.18 bits per heavy atom. The topological polar surface area (TPSA) is 67.8 Å². The van der Waals surface area contributed by atoms with E-state index in [2.05, 4.69) is 32.7 Å². The fourth-order valence-electron chi connectivity index (χ4n) is 5.69. The first-order chi connectivity index (χ1) is 15.8. The van der Waals surface area contributed by atoms with E-state index in [0.29, 0.717) is 54.7 Å². The molecule has 184 valence electrons. The fraction of sp³-hybridized carbons (Fsp3) is 0.679. The quantitative estimate of drug-likeness (QED) is 0.498. The predicted molar refractivity (Wildman–Crippen MR) is 132 cm³/mol. The van der Waals surface area contributed by atoms with Crippen LogP contribution in [0, 0.1) is 29.6 Å². The highest BCUT2D eigenvalue weighted by Gasteiger charge is 2.42. The van der Waals surface area contributed by atoms with Crippen molar-refractivity contribution >= 4 is 5.91 Å². The van der Waals surface area contributed by atoms with Crippen LogP contribution in [0.2, 0.25) is 0 Å². The summed E-state index contributed by atoms with van der Waals surface area (Å²) < 4.78 is 12.0. The highest BCUT2D eigenvalue weighted by atomic mass is 16.5. The molecule has 1 saturated heterocycles. The summed E-state index contributed by atoms with van der Waals surface area (Å²) in [5, 5.41) is 13.8. The molecule has 33 heavy (non-hydrogen) atoms. The van der Waals surface area contributed by atoms with E-state index >= 15 is 0 Å². The van der Waals surface area contributed by atoms with Gasteiger partial charge in [-0.2, -0.15) is 0 Å². The van der Waals surface area contributed by atoms with Crippen LogP contribution in [0.25, 0.3) is 0 Å².